The lowest BCUT2D eigenvalue weighted by Gasteiger charge is -2.07. The van der Waals surface area contributed by atoms with Crippen LogP contribution in [0.15, 0.2) is 65.1 Å². The summed E-state index contributed by atoms with van der Waals surface area (Å²) in [5, 5.41) is 0. The largest absolute Gasteiger partial charge is 0.462 e. The zero-order chi connectivity index (χ0) is 18.6. The number of thiophene rings is 1. The van der Waals surface area contributed by atoms with Crippen molar-refractivity contribution in [2.45, 2.75) is 11.1 Å². The first-order valence-corrected chi connectivity index (χ1v) is 10.1. The van der Waals surface area contributed by atoms with Gasteiger partial charge >= 0.3 is 5.97 Å². The minimum atomic E-state index is -3.71. The SMILES string of the molecule is CCOC(=O)c1ccc(NS(=O)(=O)c2ccc(-c3cccnc3)s2)cc1. The molecule has 1 N–H and O–H groups in total. The van der Waals surface area contributed by atoms with Gasteiger partial charge in [0.2, 0.25) is 0 Å². The van der Waals surface area contributed by atoms with E-state index < -0.39 is 16.0 Å². The molecule has 0 bridgehead atoms. The molecule has 0 atom stereocenters. The van der Waals surface area contributed by atoms with Gasteiger partial charge < -0.3 is 4.74 Å². The molecule has 2 heterocycles. The number of anilines is 1. The van der Waals surface area contributed by atoms with Gasteiger partial charge in [0.15, 0.2) is 0 Å². The number of benzene rings is 1. The summed E-state index contributed by atoms with van der Waals surface area (Å²) >= 11 is 1.16. The fourth-order valence-electron chi connectivity index (χ4n) is 2.22. The molecular formula is C18H16N2O4S2. The molecule has 26 heavy (non-hydrogen) atoms. The Hall–Kier alpha value is -2.71. The number of esters is 1. The van der Waals surface area contributed by atoms with Gasteiger partial charge in [0, 0.05) is 28.5 Å². The van der Waals surface area contributed by atoms with Gasteiger partial charge in [0.05, 0.1) is 12.2 Å². The van der Waals surface area contributed by atoms with Crippen molar-refractivity contribution in [3.05, 3.63) is 66.5 Å². The number of sulfonamides is 1. The smallest absolute Gasteiger partial charge is 0.338 e. The highest BCUT2D eigenvalue weighted by atomic mass is 32.2. The zero-order valence-corrected chi connectivity index (χ0v) is 15.5. The van der Waals surface area contributed by atoms with E-state index in [0.717, 1.165) is 21.8 Å². The third-order valence-electron chi connectivity index (χ3n) is 3.44. The minimum Gasteiger partial charge on any atom is -0.462 e. The molecule has 3 aromatic rings. The van der Waals surface area contributed by atoms with E-state index in [2.05, 4.69) is 9.71 Å². The topological polar surface area (TPSA) is 85.4 Å². The van der Waals surface area contributed by atoms with Crippen LogP contribution >= 0.6 is 11.3 Å². The molecule has 0 unspecified atom stereocenters. The molecule has 0 fully saturated rings. The van der Waals surface area contributed by atoms with Crippen LogP contribution in [0, 0.1) is 0 Å². The summed E-state index contributed by atoms with van der Waals surface area (Å²) in [6.45, 7) is 2.01. The van der Waals surface area contributed by atoms with E-state index in [9.17, 15) is 13.2 Å². The molecular weight excluding hydrogens is 372 g/mol. The maximum absolute atomic E-state index is 12.6. The highest BCUT2D eigenvalue weighted by molar-refractivity contribution is 7.94. The molecule has 1 aromatic carbocycles. The van der Waals surface area contributed by atoms with E-state index in [-0.39, 0.29) is 10.8 Å². The summed E-state index contributed by atoms with van der Waals surface area (Å²) in [6, 6.07) is 13.1. The van der Waals surface area contributed by atoms with Crippen molar-refractivity contribution in [3.63, 3.8) is 0 Å². The first kappa shape index (κ1) is 18.1. The van der Waals surface area contributed by atoms with E-state index in [1.54, 1.807) is 37.5 Å². The van der Waals surface area contributed by atoms with Crippen LogP contribution in [0.25, 0.3) is 10.4 Å². The Balaban J connectivity index is 1.77. The second-order valence-electron chi connectivity index (χ2n) is 5.26. The van der Waals surface area contributed by atoms with Crippen molar-refractivity contribution < 1.29 is 17.9 Å². The van der Waals surface area contributed by atoms with Gasteiger partial charge in [-0.2, -0.15) is 0 Å². The average Bonchev–Trinajstić information content (AvgIpc) is 3.14. The third-order valence-corrected chi connectivity index (χ3v) is 6.45. The molecule has 134 valence electrons. The second kappa shape index (κ2) is 7.67. The van der Waals surface area contributed by atoms with E-state index >= 15 is 0 Å². The molecule has 0 aliphatic heterocycles. The lowest BCUT2D eigenvalue weighted by molar-refractivity contribution is 0.0526. The van der Waals surface area contributed by atoms with E-state index in [0.29, 0.717) is 11.3 Å². The second-order valence-corrected chi connectivity index (χ2v) is 8.26. The lowest BCUT2D eigenvalue weighted by atomic mass is 10.2. The maximum atomic E-state index is 12.6. The number of nitrogens with zero attached hydrogens (tertiary/aromatic N) is 1. The van der Waals surface area contributed by atoms with Crippen molar-refractivity contribution in [2.75, 3.05) is 11.3 Å². The van der Waals surface area contributed by atoms with Crippen LogP contribution in [-0.4, -0.2) is 26.0 Å². The molecule has 0 aliphatic rings. The Morgan fingerprint density at radius 3 is 2.58 bits per heavy atom. The lowest BCUT2D eigenvalue weighted by Crippen LogP contribution is -2.11. The number of carbonyl (C=O) groups is 1. The summed E-state index contributed by atoms with van der Waals surface area (Å²) in [6.07, 6.45) is 3.35. The molecule has 2 aromatic heterocycles. The number of nitrogens with one attached hydrogen (secondary N) is 1. The van der Waals surface area contributed by atoms with Crippen LogP contribution in [0.3, 0.4) is 0 Å². The molecule has 0 aliphatic carbocycles. The van der Waals surface area contributed by atoms with Crippen LogP contribution in [-0.2, 0) is 14.8 Å². The van der Waals surface area contributed by atoms with Crippen molar-refractivity contribution in [1.29, 1.82) is 0 Å². The van der Waals surface area contributed by atoms with Crippen LogP contribution in [0.1, 0.15) is 17.3 Å². The van der Waals surface area contributed by atoms with Crippen molar-refractivity contribution in [1.82, 2.24) is 4.98 Å². The normalized spacial score (nSPS) is 11.1. The summed E-state index contributed by atoms with van der Waals surface area (Å²) in [7, 11) is -3.71. The summed E-state index contributed by atoms with van der Waals surface area (Å²) in [5.74, 6) is -0.443. The van der Waals surface area contributed by atoms with Crippen molar-refractivity contribution >= 4 is 33.0 Å². The van der Waals surface area contributed by atoms with Crippen LogP contribution in [0.4, 0.5) is 5.69 Å². The fourth-order valence-corrected chi connectivity index (χ4v) is 4.58. The molecule has 0 radical (unpaired) electrons. The summed E-state index contributed by atoms with van der Waals surface area (Å²) in [5.41, 5.74) is 1.59. The summed E-state index contributed by atoms with van der Waals surface area (Å²) in [4.78, 5) is 16.5. The Labute approximate surface area is 155 Å². The standard InChI is InChI=1S/C18H16N2O4S2/c1-2-24-18(21)13-5-7-15(8-6-13)20-26(22,23)17-10-9-16(25-17)14-4-3-11-19-12-14/h3-12,20H,2H2,1H3. The molecule has 0 amide bonds. The Kier molecular flexibility index (Phi) is 5.34. The fraction of sp³-hybridized carbons (Fsp3) is 0.111. The van der Waals surface area contributed by atoms with Crippen LogP contribution in [0.5, 0.6) is 0 Å². The van der Waals surface area contributed by atoms with E-state index in [4.69, 9.17) is 4.74 Å². The van der Waals surface area contributed by atoms with Crippen molar-refractivity contribution in [2.24, 2.45) is 0 Å². The van der Waals surface area contributed by atoms with Crippen molar-refractivity contribution in [3.8, 4) is 10.4 Å². The Morgan fingerprint density at radius 2 is 1.92 bits per heavy atom. The first-order valence-electron chi connectivity index (χ1n) is 7.80. The number of ether oxygens (including phenoxy) is 1. The van der Waals surface area contributed by atoms with Gasteiger partial charge in [-0.05, 0) is 49.4 Å². The number of hydrogen-bond donors (Lipinski definition) is 1. The average molecular weight is 388 g/mol. The number of aromatic nitrogens is 1. The van der Waals surface area contributed by atoms with Crippen LogP contribution in [0.2, 0.25) is 0 Å². The van der Waals surface area contributed by atoms with Gasteiger partial charge in [0.25, 0.3) is 10.0 Å². The number of carbonyl (C=O) groups excluding carboxylic acids is 1. The Bertz CT molecular complexity index is 997. The van der Waals surface area contributed by atoms with Gasteiger partial charge in [-0.3, -0.25) is 9.71 Å². The van der Waals surface area contributed by atoms with E-state index in [1.807, 2.05) is 6.07 Å². The molecule has 0 spiro atoms. The number of rotatable bonds is 6. The quantitative estimate of drug-likeness (QED) is 0.650. The van der Waals surface area contributed by atoms with Gasteiger partial charge in [-0.15, -0.1) is 11.3 Å². The van der Waals surface area contributed by atoms with Gasteiger partial charge in [-0.25, -0.2) is 13.2 Å². The molecule has 3 rings (SSSR count). The first-order chi connectivity index (χ1) is 12.5. The van der Waals surface area contributed by atoms with E-state index in [1.165, 1.54) is 24.3 Å². The van der Waals surface area contributed by atoms with Crippen LogP contribution < -0.4 is 4.72 Å². The third kappa shape index (κ3) is 4.09. The number of hydrogen-bond acceptors (Lipinski definition) is 6. The number of pyridine rings is 1. The van der Waals surface area contributed by atoms with Gasteiger partial charge in [-0.1, -0.05) is 6.07 Å². The molecule has 0 saturated heterocycles. The predicted molar refractivity (Wildman–Crippen MR) is 101 cm³/mol. The minimum absolute atomic E-state index is 0.200. The summed E-state index contributed by atoms with van der Waals surface area (Å²) < 4.78 is 32.7. The Morgan fingerprint density at radius 1 is 1.15 bits per heavy atom. The highest BCUT2D eigenvalue weighted by Gasteiger charge is 2.18. The molecule has 6 nitrogen and oxygen atoms in total. The monoisotopic (exact) mass is 388 g/mol. The predicted octanol–water partition coefficient (Wildman–Crippen LogP) is 3.79. The molecule has 8 heteroatoms. The van der Waals surface area contributed by atoms with Gasteiger partial charge in [0.1, 0.15) is 4.21 Å². The maximum Gasteiger partial charge on any atom is 0.338 e. The zero-order valence-electron chi connectivity index (χ0n) is 13.9. The highest BCUT2D eigenvalue weighted by Crippen LogP contribution is 2.31. The molecule has 0 saturated carbocycles.